The summed E-state index contributed by atoms with van der Waals surface area (Å²) < 4.78 is 0. The number of hydrogen-bond acceptors (Lipinski definition) is 2. The van der Waals surface area contributed by atoms with Gasteiger partial charge in [0.2, 0.25) is 0 Å². The molecule has 84 valence electrons. The van der Waals surface area contributed by atoms with Gasteiger partial charge in [-0.1, -0.05) is 26.3 Å². The Morgan fingerprint density at radius 3 is 2.60 bits per heavy atom. The molecule has 1 aromatic heterocycles. The summed E-state index contributed by atoms with van der Waals surface area (Å²) in [7, 11) is 0. The number of nitrogens with zero attached hydrogens (tertiary/aromatic N) is 1. The van der Waals surface area contributed by atoms with E-state index in [4.69, 9.17) is 5.73 Å². The first-order valence-electron chi connectivity index (χ1n) is 5.75. The molecular formula is C13H22N2. The Morgan fingerprint density at radius 1 is 1.40 bits per heavy atom. The van der Waals surface area contributed by atoms with Gasteiger partial charge < -0.3 is 5.73 Å². The maximum absolute atomic E-state index is 6.21. The minimum atomic E-state index is 0.0746. The van der Waals surface area contributed by atoms with E-state index in [-0.39, 0.29) is 6.04 Å². The average molecular weight is 206 g/mol. The number of aromatic nitrogens is 1. The molecule has 0 radical (unpaired) electrons. The van der Waals surface area contributed by atoms with E-state index in [2.05, 4.69) is 38.7 Å². The maximum Gasteiger partial charge on any atom is 0.0603 e. The molecule has 2 atom stereocenters. The third-order valence-electron chi connectivity index (χ3n) is 2.93. The van der Waals surface area contributed by atoms with Gasteiger partial charge in [0.15, 0.2) is 0 Å². The Bertz CT molecular complexity index is 320. The van der Waals surface area contributed by atoms with Crippen LogP contribution >= 0.6 is 0 Å². The quantitative estimate of drug-likeness (QED) is 0.822. The van der Waals surface area contributed by atoms with Crippen LogP contribution in [0.1, 0.15) is 49.6 Å². The van der Waals surface area contributed by atoms with Crippen LogP contribution < -0.4 is 5.73 Å². The Morgan fingerprint density at radius 2 is 2.07 bits per heavy atom. The summed E-state index contributed by atoms with van der Waals surface area (Å²) in [5.74, 6) is 0.504. The van der Waals surface area contributed by atoms with Crippen molar-refractivity contribution in [2.24, 2.45) is 11.7 Å². The molecule has 15 heavy (non-hydrogen) atoms. The van der Waals surface area contributed by atoms with Gasteiger partial charge >= 0.3 is 0 Å². The molecule has 2 unspecified atom stereocenters. The molecule has 2 nitrogen and oxygen atoms in total. The van der Waals surface area contributed by atoms with Crippen molar-refractivity contribution in [1.82, 2.24) is 4.98 Å². The molecule has 0 aliphatic rings. The van der Waals surface area contributed by atoms with E-state index in [1.54, 1.807) is 0 Å². The minimum absolute atomic E-state index is 0.0746. The predicted molar refractivity (Wildman–Crippen MR) is 64.7 cm³/mol. The molecule has 0 aromatic carbocycles. The molecular weight excluding hydrogens is 184 g/mol. The lowest BCUT2D eigenvalue weighted by Crippen LogP contribution is -2.21. The average Bonchev–Trinajstić information content (AvgIpc) is 2.17. The first-order chi connectivity index (χ1) is 7.06. The van der Waals surface area contributed by atoms with Gasteiger partial charge in [0.1, 0.15) is 0 Å². The summed E-state index contributed by atoms with van der Waals surface area (Å²) in [6.07, 6.45) is 4.25. The van der Waals surface area contributed by atoms with Gasteiger partial charge in [-0.05, 0) is 37.3 Å². The molecule has 0 fully saturated rings. The van der Waals surface area contributed by atoms with Crippen LogP contribution in [0.15, 0.2) is 12.3 Å². The molecule has 0 aliphatic heterocycles. The Hall–Kier alpha value is -0.890. The van der Waals surface area contributed by atoms with Crippen molar-refractivity contribution in [3.8, 4) is 0 Å². The lowest BCUT2D eigenvalue weighted by molar-refractivity contribution is 0.425. The van der Waals surface area contributed by atoms with Gasteiger partial charge in [-0.15, -0.1) is 0 Å². The number of rotatable bonds is 4. The van der Waals surface area contributed by atoms with Crippen molar-refractivity contribution < 1.29 is 0 Å². The fourth-order valence-electron chi connectivity index (χ4n) is 1.98. The second-order valence-electron chi connectivity index (χ2n) is 4.51. The van der Waals surface area contributed by atoms with Crippen molar-refractivity contribution in [3.05, 3.63) is 29.1 Å². The maximum atomic E-state index is 6.21. The first kappa shape index (κ1) is 12.2. The topological polar surface area (TPSA) is 38.9 Å². The van der Waals surface area contributed by atoms with Crippen LogP contribution in [0, 0.1) is 19.8 Å². The van der Waals surface area contributed by atoms with Crippen LogP contribution in [-0.2, 0) is 0 Å². The highest BCUT2D eigenvalue weighted by molar-refractivity contribution is 5.25. The van der Waals surface area contributed by atoms with Gasteiger partial charge in [0.05, 0.1) is 5.69 Å². The summed E-state index contributed by atoms with van der Waals surface area (Å²) in [6, 6.07) is 2.23. The van der Waals surface area contributed by atoms with E-state index < -0.39 is 0 Å². The van der Waals surface area contributed by atoms with Crippen LogP contribution in [0.3, 0.4) is 0 Å². The zero-order valence-electron chi connectivity index (χ0n) is 10.2. The van der Waals surface area contributed by atoms with Gasteiger partial charge in [-0.2, -0.15) is 0 Å². The summed E-state index contributed by atoms with van der Waals surface area (Å²) in [5.41, 5.74) is 9.68. The van der Waals surface area contributed by atoms with Crippen molar-refractivity contribution in [2.75, 3.05) is 0 Å². The molecule has 1 rings (SSSR count). The standard InChI is InChI=1S/C13H22N2/c1-5-6-10(3)12(14)13-11(4)7-9(2)8-15-13/h7-8,10,12H,5-6,14H2,1-4H3. The zero-order valence-corrected chi connectivity index (χ0v) is 10.2. The van der Waals surface area contributed by atoms with Crippen LogP contribution in [0.25, 0.3) is 0 Å². The monoisotopic (exact) mass is 206 g/mol. The van der Waals surface area contributed by atoms with E-state index in [9.17, 15) is 0 Å². The van der Waals surface area contributed by atoms with Crippen molar-refractivity contribution in [3.63, 3.8) is 0 Å². The Labute approximate surface area is 92.9 Å². The van der Waals surface area contributed by atoms with Gasteiger partial charge in [0, 0.05) is 12.2 Å². The Balaban J connectivity index is 2.86. The molecule has 0 saturated carbocycles. The van der Waals surface area contributed by atoms with E-state index >= 15 is 0 Å². The predicted octanol–water partition coefficient (Wildman–Crippen LogP) is 3.13. The zero-order chi connectivity index (χ0) is 11.4. The smallest absolute Gasteiger partial charge is 0.0603 e. The fourth-order valence-corrected chi connectivity index (χ4v) is 1.98. The van der Waals surface area contributed by atoms with E-state index in [0.717, 1.165) is 12.1 Å². The number of hydrogen-bond donors (Lipinski definition) is 1. The summed E-state index contributed by atoms with van der Waals surface area (Å²) in [6.45, 7) is 8.55. The summed E-state index contributed by atoms with van der Waals surface area (Å²) in [4.78, 5) is 4.46. The van der Waals surface area contributed by atoms with Gasteiger partial charge in [-0.25, -0.2) is 0 Å². The molecule has 0 saturated heterocycles. The first-order valence-corrected chi connectivity index (χ1v) is 5.75. The highest BCUT2D eigenvalue weighted by atomic mass is 14.8. The largest absolute Gasteiger partial charge is 0.322 e. The normalized spacial score (nSPS) is 15.0. The summed E-state index contributed by atoms with van der Waals surface area (Å²) in [5, 5.41) is 0. The third-order valence-corrected chi connectivity index (χ3v) is 2.93. The molecule has 2 heteroatoms. The molecule has 1 aromatic rings. The van der Waals surface area contributed by atoms with Crippen LogP contribution in [0.2, 0.25) is 0 Å². The molecule has 0 amide bonds. The highest BCUT2D eigenvalue weighted by Crippen LogP contribution is 2.24. The van der Waals surface area contributed by atoms with E-state index in [1.807, 2.05) is 6.20 Å². The van der Waals surface area contributed by atoms with Crippen molar-refractivity contribution in [1.29, 1.82) is 0 Å². The van der Waals surface area contributed by atoms with Gasteiger partial charge in [0.25, 0.3) is 0 Å². The lowest BCUT2D eigenvalue weighted by Gasteiger charge is -2.20. The van der Waals surface area contributed by atoms with E-state index in [1.165, 1.54) is 17.5 Å². The molecule has 0 aliphatic carbocycles. The van der Waals surface area contributed by atoms with E-state index in [0.29, 0.717) is 5.92 Å². The molecule has 1 heterocycles. The lowest BCUT2D eigenvalue weighted by atomic mass is 9.92. The fraction of sp³-hybridized carbons (Fsp3) is 0.615. The second kappa shape index (κ2) is 5.26. The van der Waals surface area contributed by atoms with Crippen LogP contribution in [0.4, 0.5) is 0 Å². The van der Waals surface area contributed by atoms with Gasteiger partial charge in [-0.3, -0.25) is 4.98 Å². The van der Waals surface area contributed by atoms with Crippen molar-refractivity contribution >= 4 is 0 Å². The highest BCUT2D eigenvalue weighted by Gasteiger charge is 2.17. The third kappa shape index (κ3) is 3.03. The number of aryl methyl sites for hydroxylation is 2. The molecule has 2 N–H and O–H groups in total. The minimum Gasteiger partial charge on any atom is -0.322 e. The molecule has 0 bridgehead atoms. The second-order valence-corrected chi connectivity index (χ2v) is 4.51. The number of pyridine rings is 1. The summed E-state index contributed by atoms with van der Waals surface area (Å²) >= 11 is 0. The molecule has 0 spiro atoms. The SMILES string of the molecule is CCCC(C)C(N)c1ncc(C)cc1C. The number of nitrogens with two attached hydrogens (primary N) is 1. The van der Waals surface area contributed by atoms with Crippen LogP contribution in [-0.4, -0.2) is 4.98 Å². The van der Waals surface area contributed by atoms with Crippen LogP contribution in [0.5, 0.6) is 0 Å². The Kier molecular flexibility index (Phi) is 4.28. The van der Waals surface area contributed by atoms with Crippen molar-refractivity contribution in [2.45, 2.75) is 46.6 Å².